The Morgan fingerprint density at radius 2 is 2.56 bits per heavy atom. The predicted octanol–water partition coefficient (Wildman–Crippen LogP) is 0.0979. The number of terminal acetylenes is 1. The van der Waals surface area contributed by atoms with E-state index in [9.17, 15) is 4.79 Å². The predicted molar refractivity (Wildman–Crippen MR) is 34.6 cm³/mol. The van der Waals surface area contributed by atoms with Crippen molar-refractivity contribution in [2.75, 3.05) is 13.6 Å². The summed E-state index contributed by atoms with van der Waals surface area (Å²) in [4.78, 5) is 12.4. The van der Waals surface area contributed by atoms with Gasteiger partial charge in [0.1, 0.15) is 0 Å². The van der Waals surface area contributed by atoms with Gasteiger partial charge in [0, 0.05) is 25.9 Å². The number of nitrogens with zero attached hydrogens (tertiary/aromatic N) is 1. The summed E-state index contributed by atoms with van der Waals surface area (Å²) in [6, 6.07) is 0. The van der Waals surface area contributed by atoms with Crippen LogP contribution in [0.25, 0.3) is 0 Å². The summed E-state index contributed by atoms with van der Waals surface area (Å²) in [5, 5.41) is 0. The Labute approximate surface area is 54.8 Å². The first-order valence-corrected chi connectivity index (χ1v) is 2.94. The van der Waals surface area contributed by atoms with Crippen LogP contribution in [0.5, 0.6) is 0 Å². The molecule has 1 atom stereocenters. The minimum absolute atomic E-state index is 0.155. The lowest BCUT2D eigenvalue weighted by Gasteiger charge is -2.04. The molecule has 0 unspecified atom stereocenters. The highest BCUT2D eigenvalue weighted by Gasteiger charge is 2.24. The number of rotatable bonds is 0. The molecule has 1 rings (SSSR count). The van der Waals surface area contributed by atoms with E-state index in [2.05, 4.69) is 5.92 Å². The fourth-order valence-electron chi connectivity index (χ4n) is 0.975. The third kappa shape index (κ3) is 1.05. The molecule has 9 heavy (non-hydrogen) atoms. The second-order valence-electron chi connectivity index (χ2n) is 2.34. The molecule has 0 N–H and O–H groups in total. The summed E-state index contributed by atoms with van der Waals surface area (Å²) in [5.74, 6) is 2.88. The van der Waals surface area contributed by atoms with Gasteiger partial charge in [-0.1, -0.05) is 0 Å². The summed E-state index contributed by atoms with van der Waals surface area (Å²) in [5.41, 5.74) is 0. The van der Waals surface area contributed by atoms with Gasteiger partial charge in [0.25, 0.3) is 0 Å². The smallest absolute Gasteiger partial charge is 0.223 e. The second kappa shape index (κ2) is 2.10. The quantitative estimate of drug-likeness (QED) is 0.418. The first kappa shape index (κ1) is 6.15. The zero-order valence-electron chi connectivity index (χ0n) is 5.42. The fourth-order valence-corrected chi connectivity index (χ4v) is 0.975. The van der Waals surface area contributed by atoms with Crippen LogP contribution >= 0.6 is 0 Å². The maximum atomic E-state index is 10.8. The molecule has 1 saturated heterocycles. The van der Waals surface area contributed by atoms with Crippen molar-refractivity contribution in [2.45, 2.75) is 6.42 Å². The van der Waals surface area contributed by atoms with Crippen LogP contribution in [0.1, 0.15) is 6.42 Å². The molecule has 0 bridgehead atoms. The molecule has 2 heteroatoms. The van der Waals surface area contributed by atoms with Gasteiger partial charge in [-0.3, -0.25) is 4.79 Å². The highest BCUT2D eigenvalue weighted by Crippen LogP contribution is 2.13. The maximum absolute atomic E-state index is 10.8. The van der Waals surface area contributed by atoms with Crippen LogP contribution in [-0.4, -0.2) is 24.4 Å². The zero-order valence-corrected chi connectivity index (χ0v) is 5.42. The molecular formula is C7H9NO. The van der Waals surface area contributed by atoms with Crippen LogP contribution in [-0.2, 0) is 4.79 Å². The van der Waals surface area contributed by atoms with E-state index in [-0.39, 0.29) is 11.8 Å². The molecule has 0 radical (unpaired) electrons. The Hall–Kier alpha value is -0.970. The van der Waals surface area contributed by atoms with Crippen molar-refractivity contribution < 1.29 is 4.79 Å². The van der Waals surface area contributed by atoms with Crippen LogP contribution in [0.2, 0.25) is 0 Å². The first-order valence-electron chi connectivity index (χ1n) is 2.94. The standard InChI is InChI=1S/C7H9NO/c1-3-6-4-7(9)8(2)5-6/h1,6H,4-5H2,2H3/t6-/m1/s1. The topological polar surface area (TPSA) is 20.3 Å². The molecule has 0 aromatic heterocycles. The lowest BCUT2D eigenvalue weighted by Crippen LogP contribution is -2.18. The van der Waals surface area contributed by atoms with Gasteiger partial charge < -0.3 is 4.90 Å². The minimum Gasteiger partial charge on any atom is -0.344 e. The molecule has 2 nitrogen and oxygen atoms in total. The molecule has 48 valence electrons. The van der Waals surface area contributed by atoms with Crippen molar-refractivity contribution in [3.63, 3.8) is 0 Å². The Kier molecular flexibility index (Phi) is 1.44. The van der Waals surface area contributed by atoms with E-state index in [0.29, 0.717) is 6.42 Å². The number of likely N-dealkylation sites (tertiary alicyclic amines) is 1. The van der Waals surface area contributed by atoms with Crippen molar-refractivity contribution in [3.05, 3.63) is 0 Å². The molecule has 1 aliphatic heterocycles. The Morgan fingerprint density at radius 1 is 1.89 bits per heavy atom. The van der Waals surface area contributed by atoms with Crippen molar-refractivity contribution >= 4 is 5.91 Å². The maximum Gasteiger partial charge on any atom is 0.223 e. The Balaban J connectivity index is 2.57. The monoisotopic (exact) mass is 123 g/mol. The number of hydrogen-bond donors (Lipinski definition) is 0. The van der Waals surface area contributed by atoms with Gasteiger partial charge in [-0.05, 0) is 0 Å². The lowest BCUT2D eigenvalue weighted by molar-refractivity contribution is -0.126. The van der Waals surface area contributed by atoms with Gasteiger partial charge in [0.2, 0.25) is 5.91 Å². The highest BCUT2D eigenvalue weighted by atomic mass is 16.2. The second-order valence-corrected chi connectivity index (χ2v) is 2.34. The van der Waals surface area contributed by atoms with Gasteiger partial charge in [-0.2, -0.15) is 0 Å². The molecule has 0 aromatic carbocycles. The molecule has 0 spiro atoms. The van der Waals surface area contributed by atoms with E-state index in [0.717, 1.165) is 6.54 Å². The number of carbonyl (C=O) groups is 1. The molecule has 1 heterocycles. The lowest BCUT2D eigenvalue weighted by atomic mass is 10.1. The van der Waals surface area contributed by atoms with Crippen LogP contribution in [0.3, 0.4) is 0 Å². The van der Waals surface area contributed by atoms with Crippen molar-refractivity contribution in [1.29, 1.82) is 0 Å². The number of carbonyl (C=O) groups excluding carboxylic acids is 1. The third-order valence-corrected chi connectivity index (χ3v) is 1.58. The van der Waals surface area contributed by atoms with Gasteiger partial charge in [0.15, 0.2) is 0 Å². The molecule has 0 aliphatic carbocycles. The van der Waals surface area contributed by atoms with E-state index < -0.39 is 0 Å². The molecular weight excluding hydrogens is 114 g/mol. The van der Waals surface area contributed by atoms with Gasteiger partial charge in [0.05, 0.1) is 0 Å². The summed E-state index contributed by atoms with van der Waals surface area (Å²) in [6.45, 7) is 0.731. The van der Waals surface area contributed by atoms with Crippen LogP contribution in [0.4, 0.5) is 0 Å². The van der Waals surface area contributed by atoms with Gasteiger partial charge >= 0.3 is 0 Å². The summed E-state index contributed by atoms with van der Waals surface area (Å²) in [7, 11) is 1.78. The molecule has 0 saturated carbocycles. The van der Waals surface area contributed by atoms with E-state index in [1.807, 2.05) is 0 Å². The average Bonchev–Trinajstić information content (AvgIpc) is 2.13. The van der Waals surface area contributed by atoms with Crippen molar-refractivity contribution in [3.8, 4) is 12.3 Å². The number of hydrogen-bond acceptors (Lipinski definition) is 1. The van der Waals surface area contributed by atoms with E-state index >= 15 is 0 Å². The van der Waals surface area contributed by atoms with Crippen molar-refractivity contribution in [2.24, 2.45) is 5.92 Å². The normalized spacial score (nSPS) is 26.4. The fraction of sp³-hybridized carbons (Fsp3) is 0.571. The molecule has 1 fully saturated rings. The van der Waals surface area contributed by atoms with Crippen LogP contribution in [0, 0.1) is 18.3 Å². The average molecular weight is 123 g/mol. The van der Waals surface area contributed by atoms with E-state index in [1.165, 1.54) is 0 Å². The van der Waals surface area contributed by atoms with Gasteiger partial charge in [-0.25, -0.2) is 0 Å². The van der Waals surface area contributed by atoms with E-state index in [1.54, 1.807) is 11.9 Å². The SMILES string of the molecule is C#C[C@@H]1CC(=O)N(C)C1. The third-order valence-electron chi connectivity index (χ3n) is 1.58. The van der Waals surface area contributed by atoms with Crippen molar-refractivity contribution in [1.82, 2.24) is 4.90 Å². The highest BCUT2D eigenvalue weighted by molar-refractivity contribution is 5.78. The summed E-state index contributed by atoms with van der Waals surface area (Å²) >= 11 is 0. The van der Waals surface area contributed by atoms with Crippen LogP contribution in [0.15, 0.2) is 0 Å². The molecule has 1 aliphatic rings. The minimum atomic E-state index is 0.155. The summed E-state index contributed by atoms with van der Waals surface area (Å²) in [6.07, 6.45) is 5.66. The molecule has 1 amide bonds. The van der Waals surface area contributed by atoms with Crippen LogP contribution < -0.4 is 0 Å². The summed E-state index contributed by atoms with van der Waals surface area (Å²) < 4.78 is 0. The first-order chi connectivity index (χ1) is 4.24. The van der Waals surface area contributed by atoms with Gasteiger partial charge in [-0.15, -0.1) is 12.3 Å². The number of amides is 1. The Bertz CT molecular complexity index is 168. The molecule has 0 aromatic rings. The zero-order chi connectivity index (χ0) is 6.85. The van der Waals surface area contributed by atoms with E-state index in [4.69, 9.17) is 6.42 Å². The largest absolute Gasteiger partial charge is 0.344 e. The Morgan fingerprint density at radius 3 is 2.78 bits per heavy atom.